The van der Waals surface area contributed by atoms with E-state index < -0.39 is 0 Å². The summed E-state index contributed by atoms with van der Waals surface area (Å²) in [6.45, 7) is 7.44. The number of hydrogen-bond donors (Lipinski definition) is 1. The van der Waals surface area contributed by atoms with Crippen LogP contribution in [0.4, 0.5) is 0 Å². The van der Waals surface area contributed by atoms with Crippen LogP contribution in [0.2, 0.25) is 0 Å². The lowest BCUT2D eigenvalue weighted by Crippen LogP contribution is -2.49. The van der Waals surface area contributed by atoms with Gasteiger partial charge in [0.2, 0.25) is 0 Å². The van der Waals surface area contributed by atoms with Crippen LogP contribution in [0.15, 0.2) is 0 Å². The molecule has 0 radical (unpaired) electrons. The Morgan fingerprint density at radius 3 is 2.36 bits per heavy atom. The second kappa shape index (κ2) is 4.17. The van der Waals surface area contributed by atoms with Crippen molar-refractivity contribution in [1.82, 2.24) is 4.90 Å². The molecule has 1 unspecified atom stereocenters. The minimum Gasteiger partial charge on any atom is -0.373 e. The third-order valence-corrected chi connectivity index (χ3v) is 3.19. The predicted molar refractivity (Wildman–Crippen MR) is 57.1 cm³/mol. The topological polar surface area (TPSA) is 38.5 Å². The van der Waals surface area contributed by atoms with E-state index in [4.69, 9.17) is 10.5 Å². The van der Waals surface area contributed by atoms with E-state index in [1.54, 1.807) is 0 Å². The Bertz CT molecular complexity index is 184. The molecule has 14 heavy (non-hydrogen) atoms. The summed E-state index contributed by atoms with van der Waals surface area (Å²) in [5, 5.41) is 0. The van der Waals surface area contributed by atoms with Gasteiger partial charge in [0.25, 0.3) is 0 Å². The van der Waals surface area contributed by atoms with Gasteiger partial charge in [-0.3, -0.25) is 4.90 Å². The Morgan fingerprint density at radius 1 is 1.29 bits per heavy atom. The van der Waals surface area contributed by atoms with Gasteiger partial charge in [-0.2, -0.15) is 0 Å². The molecule has 1 aliphatic heterocycles. The molecule has 0 bridgehead atoms. The molecule has 2 N–H and O–H groups in total. The normalized spacial score (nSPS) is 37.1. The van der Waals surface area contributed by atoms with Crippen molar-refractivity contribution >= 4 is 0 Å². The highest BCUT2D eigenvalue weighted by Gasteiger charge is 2.31. The van der Waals surface area contributed by atoms with E-state index in [-0.39, 0.29) is 0 Å². The molecule has 1 aliphatic carbocycles. The Kier molecular flexibility index (Phi) is 3.10. The molecule has 82 valence electrons. The summed E-state index contributed by atoms with van der Waals surface area (Å²) < 4.78 is 5.69. The maximum Gasteiger partial charge on any atom is 0.0678 e. The summed E-state index contributed by atoms with van der Waals surface area (Å²) >= 11 is 0. The van der Waals surface area contributed by atoms with E-state index in [1.807, 2.05) is 0 Å². The molecule has 2 rings (SSSR count). The van der Waals surface area contributed by atoms with Crippen LogP contribution in [0.25, 0.3) is 0 Å². The van der Waals surface area contributed by atoms with Gasteiger partial charge in [0.05, 0.1) is 12.2 Å². The number of hydrogen-bond acceptors (Lipinski definition) is 3. The molecule has 0 aromatic rings. The second-order valence-electron chi connectivity index (χ2n) is 4.98. The van der Waals surface area contributed by atoms with E-state index in [0.717, 1.165) is 25.6 Å². The van der Waals surface area contributed by atoms with E-state index in [9.17, 15) is 0 Å². The predicted octanol–water partition coefficient (Wildman–Crippen LogP) is 0.833. The molecule has 3 atom stereocenters. The van der Waals surface area contributed by atoms with Crippen molar-refractivity contribution in [2.24, 2.45) is 11.7 Å². The molecule has 3 heteroatoms. The lowest BCUT2D eigenvalue weighted by Gasteiger charge is -2.36. The van der Waals surface area contributed by atoms with Crippen molar-refractivity contribution in [3.8, 4) is 0 Å². The van der Waals surface area contributed by atoms with Crippen molar-refractivity contribution in [1.29, 1.82) is 0 Å². The summed E-state index contributed by atoms with van der Waals surface area (Å²) in [4.78, 5) is 2.46. The minimum absolute atomic E-state index is 0.366. The summed E-state index contributed by atoms with van der Waals surface area (Å²) in [5.74, 6) is 0.809. The lowest BCUT2D eigenvalue weighted by atomic mass is 10.1. The van der Waals surface area contributed by atoms with Crippen LogP contribution in [-0.2, 0) is 4.74 Å². The molecule has 1 heterocycles. The van der Waals surface area contributed by atoms with E-state index in [0.29, 0.717) is 18.2 Å². The van der Waals surface area contributed by atoms with Gasteiger partial charge >= 0.3 is 0 Å². The third-order valence-electron chi connectivity index (χ3n) is 3.19. The maximum atomic E-state index is 6.12. The molecule has 3 nitrogen and oxygen atoms in total. The van der Waals surface area contributed by atoms with Gasteiger partial charge < -0.3 is 10.5 Å². The number of ether oxygens (including phenoxy) is 1. The largest absolute Gasteiger partial charge is 0.373 e. The minimum atomic E-state index is 0.366. The fourth-order valence-electron chi connectivity index (χ4n) is 2.41. The third kappa shape index (κ3) is 2.69. The molecular weight excluding hydrogens is 176 g/mol. The van der Waals surface area contributed by atoms with Gasteiger partial charge in [-0.1, -0.05) is 0 Å². The quantitative estimate of drug-likeness (QED) is 0.730. The van der Waals surface area contributed by atoms with Gasteiger partial charge in [-0.05, 0) is 32.6 Å². The van der Waals surface area contributed by atoms with Crippen LogP contribution in [0, 0.1) is 5.92 Å². The Labute approximate surface area is 86.6 Å². The Hall–Kier alpha value is -0.120. The highest BCUT2D eigenvalue weighted by atomic mass is 16.5. The van der Waals surface area contributed by atoms with E-state index >= 15 is 0 Å². The zero-order valence-electron chi connectivity index (χ0n) is 9.28. The first-order valence-corrected chi connectivity index (χ1v) is 5.78. The first-order valence-electron chi connectivity index (χ1n) is 5.78. The Balaban J connectivity index is 1.78. The molecular formula is C11H22N2O. The fraction of sp³-hybridized carbons (Fsp3) is 1.00. The molecule has 1 saturated carbocycles. The van der Waals surface area contributed by atoms with E-state index in [1.165, 1.54) is 12.8 Å². The Morgan fingerprint density at radius 2 is 1.86 bits per heavy atom. The van der Waals surface area contributed by atoms with Crippen LogP contribution >= 0.6 is 0 Å². The van der Waals surface area contributed by atoms with Gasteiger partial charge in [0.1, 0.15) is 0 Å². The van der Waals surface area contributed by atoms with Crippen molar-refractivity contribution in [3.05, 3.63) is 0 Å². The number of nitrogens with two attached hydrogens (primary N) is 1. The molecule has 0 amide bonds. The first kappa shape index (κ1) is 10.4. The molecule has 0 aromatic carbocycles. The highest BCUT2D eigenvalue weighted by Crippen LogP contribution is 2.32. The highest BCUT2D eigenvalue weighted by molar-refractivity contribution is 4.87. The fourth-order valence-corrected chi connectivity index (χ4v) is 2.41. The van der Waals surface area contributed by atoms with Crippen LogP contribution in [0.1, 0.15) is 26.7 Å². The van der Waals surface area contributed by atoms with Crippen molar-refractivity contribution in [2.45, 2.75) is 44.9 Å². The molecule has 0 spiro atoms. The van der Waals surface area contributed by atoms with Gasteiger partial charge in [-0.15, -0.1) is 0 Å². The summed E-state index contributed by atoms with van der Waals surface area (Å²) in [5.41, 5.74) is 6.12. The van der Waals surface area contributed by atoms with E-state index in [2.05, 4.69) is 18.7 Å². The monoisotopic (exact) mass is 198 g/mol. The van der Waals surface area contributed by atoms with Crippen molar-refractivity contribution < 1.29 is 4.74 Å². The van der Waals surface area contributed by atoms with Crippen LogP contribution in [0.5, 0.6) is 0 Å². The van der Waals surface area contributed by atoms with Gasteiger partial charge in [0.15, 0.2) is 0 Å². The van der Waals surface area contributed by atoms with Crippen molar-refractivity contribution in [3.63, 3.8) is 0 Å². The molecule has 2 fully saturated rings. The maximum absolute atomic E-state index is 6.12. The smallest absolute Gasteiger partial charge is 0.0678 e. The van der Waals surface area contributed by atoms with Gasteiger partial charge in [0, 0.05) is 25.7 Å². The lowest BCUT2D eigenvalue weighted by molar-refractivity contribution is -0.0694. The standard InChI is InChI=1S/C11H22N2O/c1-8-5-13(6-9(2)14-8)7-11(12)10-3-4-10/h8-11H,3-7,12H2,1-2H3/t8-,9+,11?. The SMILES string of the molecule is C[C@@H]1CN(CC(N)C2CC2)C[C@H](C)O1. The summed E-state index contributed by atoms with van der Waals surface area (Å²) in [7, 11) is 0. The zero-order valence-corrected chi connectivity index (χ0v) is 9.28. The zero-order chi connectivity index (χ0) is 10.1. The van der Waals surface area contributed by atoms with Crippen LogP contribution < -0.4 is 5.73 Å². The molecule has 1 saturated heterocycles. The van der Waals surface area contributed by atoms with Crippen LogP contribution in [-0.4, -0.2) is 42.8 Å². The summed E-state index contributed by atoms with van der Waals surface area (Å²) in [6.07, 6.45) is 3.42. The first-order chi connectivity index (χ1) is 6.65. The number of nitrogens with zero attached hydrogens (tertiary/aromatic N) is 1. The van der Waals surface area contributed by atoms with Gasteiger partial charge in [-0.25, -0.2) is 0 Å². The molecule has 2 aliphatic rings. The number of rotatable bonds is 3. The average molecular weight is 198 g/mol. The second-order valence-corrected chi connectivity index (χ2v) is 4.98. The van der Waals surface area contributed by atoms with Crippen LogP contribution in [0.3, 0.4) is 0 Å². The summed E-state index contributed by atoms with van der Waals surface area (Å²) in [6, 6.07) is 0.396. The average Bonchev–Trinajstić information content (AvgIpc) is 2.82. The van der Waals surface area contributed by atoms with Crippen molar-refractivity contribution in [2.75, 3.05) is 19.6 Å². The number of morpholine rings is 1. The molecule has 0 aromatic heterocycles.